The van der Waals surface area contributed by atoms with Crippen LogP contribution in [0.15, 0.2) is 59.6 Å². The molecule has 0 fully saturated rings. The van der Waals surface area contributed by atoms with E-state index in [0.717, 1.165) is 25.9 Å². The zero-order valence-electron chi connectivity index (χ0n) is 11.9. The van der Waals surface area contributed by atoms with Crippen LogP contribution in [0.1, 0.15) is 10.4 Å². The predicted molar refractivity (Wildman–Crippen MR) is 92.9 cm³/mol. The molecule has 110 valence electrons. The second-order valence-corrected chi connectivity index (χ2v) is 6.58. The van der Waals surface area contributed by atoms with Gasteiger partial charge in [0.2, 0.25) is 0 Å². The Morgan fingerprint density at radius 2 is 1.77 bits per heavy atom. The number of thiazole rings is 1. The zero-order chi connectivity index (χ0) is 15.5. The van der Waals surface area contributed by atoms with Gasteiger partial charge in [0.1, 0.15) is 5.82 Å². The SMILES string of the molecule is Cc1sc(=S)n(-c2ccccc2)c1N=Cc1ccc(F)cc1. The highest BCUT2D eigenvalue weighted by atomic mass is 32.1. The van der Waals surface area contributed by atoms with Crippen LogP contribution in [-0.4, -0.2) is 10.8 Å². The van der Waals surface area contributed by atoms with Gasteiger partial charge in [0.25, 0.3) is 0 Å². The van der Waals surface area contributed by atoms with Crippen molar-refractivity contribution in [2.45, 2.75) is 6.92 Å². The Balaban J connectivity index is 2.04. The van der Waals surface area contributed by atoms with Crippen molar-refractivity contribution in [3.05, 3.63) is 74.8 Å². The molecule has 0 spiro atoms. The van der Waals surface area contributed by atoms with Crippen molar-refractivity contribution < 1.29 is 4.39 Å². The number of aryl methyl sites for hydroxylation is 1. The minimum Gasteiger partial charge on any atom is -0.276 e. The summed E-state index contributed by atoms with van der Waals surface area (Å²) in [6.07, 6.45) is 1.72. The van der Waals surface area contributed by atoms with Crippen molar-refractivity contribution >= 4 is 35.6 Å². The minimum atomic E-state index is -0.254. The summed E-state index contributed by atoms with van der Waals surface area (Å²) in [5.74, 6) is 0.557. The summed E-state index contributed by atoms with van der Waals surface area (Å²) >= 11 is 6.98. The van der Waals surface area contributed by atoms with Gasteiger partial charge in [-0.25, -0.2) is 9.38 Å². The molecule has 0 unspecified atom stereocenters. The van der Waals surface area contributed by atoms with Gasteiger partial charge in [-0.2, -0.15) is 0 Å². The number of aromatic nitrogens is 1. The molecule has 2 nitrogen and oxygen atoms in total. The quantitative estimate of drug-likeness (QED) is 0.460. The third-order valence-electron chi connectivity index (χ3n) is 3.17. The fourth-order valence-electron chi connectivity index (χ4n) is 2.10. The third-order valence-corrected chi connectivity index (χ3v) is 4.45. The predicted octanol–water partition coefficient (Wildman–Crippen LogP) is 5.47. The summed E-state index contributed by atoms with van der Waals surface area (Å²) in [6, 6.07) is 16.1. The van der Waals surface area contributed by atoms with Gasteiger partial charge >= 0.3 is 0 Å². The third kappa shape index (κ3) is 3.05. The van der Waals surface area contributed by atoms with Gasteiger partial charge in [0, 0.05) is 16.8 Å². The molecule has 0 aliphatic rings. The maximum atomic E-state index is 12.9. The maximum absolute atomic E-state index is 12.9. The van der Waals surface area contributed by atoms with Crippen molar-refractivity contribution in [1.82, 2.24) is 4.57 Å². The van der Waals surface area contributed by atoms with E-state index in [2.05, 4.69) is 4.99 Å². The summed E-state index contributed by atoms with van der Waals surface area (Å²) in [7, 11) is 0. The highest BCUT2D eigenvalue weighted by Crippen LogP contribution is 2.30. The topological polar surface area (TPSA) is 17.3 Å². The molecule has 22 heavy (non-hydrogen) atoms. The van der Waals surface area contributed by atoms with E-state index in [1.54, 1.807) is 18.3 Å². The summed E-state index contributed by atoms with van der Waals surface area (Å²) in [6.45, 7) is 2.00. The Bertz CT molecular complexity index is 862. The van der Waals surface area contributed by atoms with Crippen molar-refractivity contribution in [3.8, 4) is 5.69 Å². The average molecular weight is 328 g/mol. The highest BCUT2D eigenvalue weighted by Gasteiger charge is 2.09. The number of halogens is 1. The van der Waals surface area contributed by atoms with E-state index in [9.17, 15) is 4.39 Å². The lowest BCUT2D eigenvalue weighted by Gasteiger charge is -2.05. The van der Waals surface area contributed by atoms with Crippen molar-refractivity contribution in [3.63, 3.8) is 0 Å². The van der Waals surface area contributed by atoms with Crippen LogP contribution < -0.4 is 0 Å². The number of rotatable bonds is 3. The number of para-hydroxylation sites is 1. The molecule has 3 rings (SSSR count). The Labute approximate surface area is 137 Å². The standard InChI is InChI=1S/C17H13FN2S2/c1-12-16(19-11-13-7-9-14(18)10-8-13)20(17(21)22-12)15-5-3-2-4-6-15/h2-11H,1H3. The van der Waals surface area contributed by atoms with Crippen LogP contribution in [0.4, 0.5) is 10.2 Å². The lowest BCUT2D eigenvalue weighted by molar-refractivity contribution is 0.628. The van der Waals surface area contributed by atoms with Gasteiger partial charge < -0.3 is 0 Å². The lowest BCUT2D eigenvalue weighted by atomic mass is 10.2. The number of nitrogens with zero attached hydrogens (tertiary/aromatic N) is 2. The van der Waals surface area contributed by atoms with Crippen LogP contribution in [0.3, 0.4) is 0 Å². The summed E-state index contributed by atoms with van der Waals surface area (Å²) < 4.78 is 15.7. The molecule has 0 saturated heterocycles. The molecule has 0 amide bonds. The van der Waals surface area contributed by atoms with Gasteiger partial charge in [0.05, 0.1) is 0 Å². The summed E-state index contributed by atoms with van der Waals surface area (Å²) in [4.78, 5) is 5.61. The Morgan fingerprint density at radius 3 is 2.45 bits per heavy atom. The van der Waals surface area contributed by atoms with E-state index >= 15 is 0 Å². The van der Waals surface area contributed by atoms with Crippen LogP contribution in [0.2, 0.25) is 0 Å². The largest absolute Gasteiger partial charge is 0.276 e. The van der Waals surface area contributed by atoms with Gasteiger partial charge in [-0.3, -0.25) is 4.57 Å². The first-order valence-corrected chi connectivity index (χ1v) is 7.95. The van der Waals surface area contributed by atoms with Crippen LogP contribution in [-0.2, 0) is 0 Å². The van der Waals surface area contributed by atoms with E-state index in [-0.39, 0.29) is 5.82 Å². The van der Waals surface area contributed by atoms with E-state index < -0.39 is 0 Å². The molecule has 0 atom stereocenters. The van der Waals surface area contributed by atoms with Gasteiger partial charge in [-0.15, -0.1) is 11.3 Å². The number of hydrogen-bond acceptors (Lipinski definition) is 3. The first-order chi connectivity index (χ1) is 10.6. The molecule has 1 heterocycles. The molecule has 0 radical (unpaired) electrons. The summed E-state index contributed by atoms with van der Waals surface area (Å²) in [5.41, 5.74) is 1.83. The van der Waals surface area contributed by atoms with Crippen LogP contribution in [0, 0.1) is 16.7 Å². The lowest BCUT2D eigenvalue weighted by Crippen LogP contribution is -1.93. The normalized spacial score (nSPS) is 11.2. The summed E-state index contributed by atoms with van der Waals surface area (Å²) in [5, 5.41) is 0. The number of hydrogen-bond donors (Lipinski definition) is 0. The van der Waals surface area contributed by atoms with E-state index in [1.165, 1.54) is 23.5 Å². The molecular formula is C17H13FN2S2. The first-order valence-electron chi connectivity index (χ1n) is 6.72. The Morgan fingerprint density at radius 1 is 1.09 bits per heavy atom. The van der Waals surface area contributed by atoms with Gasteiger partial charge in [-0.05, 0) is 49.0 Å². The second-order valence-electron chi connectivity index (χ2n) is 4.73. The first kappa shape index (κ1) is 14.8. The van der Waals surface area contributed by atoms with Crippen molar-refractivity contribution in [2.24, 2.45) is 4.99 Å². The molecule has 0 aliphatic carbocycles. The average Bonchev–Trinajstić information content (AvgIpc) is 2.81. The van der Waals surface area contributed by atoms with Crippen molar-refractivity contribution in [2.75, 3.05) is 0 Å². The Kier molecular flexibility index (Phi) is 4.27. The minimum absolute atomic E-state index is 0.254. The van der Waals surface area contributed by atoms with Crippen LogP contribution in [0.5, 0.6) is 0 Å². The Hall–Kier alpha value is -2.11. The van der Waals surface area contributed by atoms with E-state index in [0.29, 0.717) is 0 Å². The van der Waals surface area contributed by atoms with Crippen LogP contribution in [0.25, 0.3) is 5.69 Å². The number of benzene rings is 2. The fraction of sp³-hybridized carbons (Fsp3) is 0.0588. The molecule has 0 saturated carbocycles. The van der Waals surface area contributed by atoms with E-state index in [1.807, 2.05) is 41.8 Å². The second kappa shape index (κ2) is 6.34. The zero-order valence-corrected chi connectivity index (χ0v) is 13.5. The fourth-order valence-corrected chi connectivity index (χ4v) is 3.45. The molecule has 3 aromatic rings. The molecule has 5 heteroatoms. The van der Waals surface area contributed by atoms with Crippen LogP contribution >= 0.6 is 23.6 Å². The molecule has 0 N–H and O–H groups in total. The van der Waals surface area contributed by atoms with Gasteiger partial charge in [0.15, 0.2) is 9.77 Å². The molecule has 0 bridgehead atoms. The van der Waals surface area contributed by atoms with Crippen molar-refractivity contribution in [1.29, 1.82) is 0 Å². The molecule has 1 aromatic heterocycles. The highest BCUT2D eigenvalue weighted by molar-refractivity contribution is 7.73. The van der Waals surface area contributed by atoms with Gasteiger partial charge in [-0.1, -0.05) is 30.3 Å². The monoisotopic (exact) mass is 328 g/mol. The van der Waals surface area contributed by atoms with E-state index in [4.69, 9.17) is 12.2 Å². The maximum Gasteiger partial charge on any atom is 0.167 e. The molecule has 0 aliphatic heterocycles. The molecule has 2 aromatic carbocycles. The number of aliphatic imine (C=N–C) groups is 1. The molecular weight excluding hydrogens is 315 g/mol. The smallest absolute Gasteiger partial charge is 0.167 e.